The number of nitriles is 1. The van der Waals surface area contributed by atoms with Crippen molar-refractivity contribution in [2.45, 2.75) is 19.3 Å². The second-order valence-electron chi connectivity index (χ2n) is 6.64. The molecule has 3 rings (SSSR count). The van der Waals surface area contributed by atoms with Crippen LogP contribution in [0.25, 0.3) is 0 Å². The van der Waals surface area contributed by atoms with E-state index in [0.717, 1.165) is 22.9 Å². The lowest BCUT2D eigenvalue weighted by molar-refractivity contribution is -0.121. The maximum atomic E-state index is 12.3. The largest absolute Gasteiger partial charge is 0.497 e. The Morgan fingerprint density at radius 3 is 2.76 bits per heavy atom. The van der Waals surface area contributed by atoms with E-state index < -0.39 is 0 Å². The molecule has 29 heavy (non-hydrogen) atoms. The van der Waals surface area contributed by atoms with E-state index in [0.29, 0.717) is 22.0 Å². The van der Waals surface area contributed by atoms with Crippen LogP contribution in [0.1, 0.15) is 23.5 Å². The molecular weight excluding hydrogens is 386 g/mol. The second-order valence-corrected chi connectivity index (χ2v) is 7.62. The van der Waals surface area contributed by atoms with Crippen molar-refractivity contribution >= 4 is 29.3 Å². The number of amides is 2. The number of nitrogens with one attached hydrogen (secondary N) is 2. The van der Waals surface area contributed by atoms with E-state index in [1.54, 1.807) is 31.4 Å². The maximum Gasteiger partial charge on any atom is 0.234 e. The van der Waals surface area contributed by atoms with Gasteiger partial charge in [-0.05, 0) is 24.6 Å². The normalized spacial score (nSPS) is 16.0. The fraction of sp³-hybridized carbons (Fsp3) is 0.227. The molecule has 2 aromatic rings. The molecule has 0 saturated heterocycles. The van der Waals surface area contributed by atoms with Gasteiger partial charge in [0.25, 0.3) is 0 Å². The summed E-state index contributed by atoms with van der Waals surface area (Å²) in [6.07, 6.45) is 0.214. The number of carbonyl (C=O) groups excluding carboxylic acids is 2. The lowest BCUT2D eigenvalue weighted by Crippen LogP contribution is -2.31. The Morgan fingerprint density at radius 2 is 2.07 bits per heavy atom. The molecule has 1 heterocycles. The number of methoxy groups -OCH3 is 1. The molecule has 2 aromatic carbocycles. The van der Waals surface area contributed by atoms with Gasteiger partial charge in [0.15, 0.2) is 0 Å². The van der Waals surface area contributed by atoms with Crippen molar-refractivity contribution in [3.63, 3.8) is 0 Å². The van der Waals surface area contributed by atoms with Gasteiger partial charge in [-0.25, -0.2) is 0 Å². The number of benzene rings is 2. The van der Waals surface area contributed by atoms with Crippen LogP contribution in [-0.4, -0.2) is 24.7 Å². The predicted molar refractivity (Wildman–Crippen MR) is 113 cm³/mol. The summed E-state index contributed by atoms with van der Waals surface area (Å²) in [5.41, 5.74) is 3.13. The van der Waals surface area contributed by atoms with Crippen molar-refractivity contribution in [1.82, 2.24) is 5.32 Å². The Morgan fingerprint density at radius 1 is 1.31 bits per heavy atom. The van der Waals surface area contributed by atoms with Gasteiger partial charge >= 0.3 is 0 Å². The van der Waals surface area contributed by atoms with Gasteiger partial charge in [-0.2, -0.15) is 5.26 Å². The molecule has 0 saturated carbocycles. The number of ether oxygens (including phenoxy) is 1. The van der Waals surface area contributed by atoms with Crippen LogP contribution < -0.4 is 15.4 Å². The van der Waals surface area contributed by atoms with E-state index in [4.69, 9.17) is 4.74 Å². The first-order valence-corrected chi connectivity index (χ1v) is 10.1. The van der Waals surface area contributed by atoms with Gasteiger partial charge in [0.2, 0.25) is 11.8 Å². The highest BCUT2D eigenvalue weighted by atomic mass is 32.2. The molecule has 0 radical (unpaired) electrons. The van der Waals surface area contributed by atoms with Crippen LogP contribution >= 0.6 is 11.8 Å². The molecule has 0 bridgehead atoms. The second kappa shape index (κ2) is 9.30. The minimum Gasteiger partial charge on any atom is -0.497 e. The third-order valence-corrected chi connectivity index (χ3v) is 5.55. The number of nitrogens with zero attached hydrogens (tertiary/aromatic N) is 1. The molecular formula is C22H21N3O3S. The molecule has 2 N–H and O–H groups in total. The summed E-state index contributed by atoms with van der Waals surface area (Å²) in [5.74, 6) is 0.00672. The smallest absolute Gasteiger partial charge is 0.234 e. The van der Waals surface area contributed by atoms with E-state index >= 15 is 0 Å². The molecule has 0 unspecified atom stereocenters. The number of anilines is 1. The van der Waals surface area contributed by atoms with Crippen molar-refractivity contribution in [3.05, 3.63) is 70.3 Å². The van der Waals surface area contributed by atoms with Gasteiger partial charge in [-0.1, -0.05) is 47.7 Å². The van der Waals surface area contributed by atoms with E-state index in [1.165, 1.54) is 0 Å². The highest BCUT2D eigenvalue weighted by Gasteiger charge is 2.29. The summed E-state index contributed by atoms with van der Waals surface area (Å²) < 4.78 is 5.15. The van der Waals surface area contributed by atoms with Gasteiger partial charge in [0, 0.05) is 24.1 Å². The molecule has 0 aliphatic carbocycles. The fourth-order valence-electron chi connectivity index (χ4n) is 3.05. The predicted octanol–water partition coefficient (Wildman–Crippen LogP) is 3.71. The van der Waals surface area contributed by atoms with Crippen LogP contribution in [0.4, 0.5) is 5.69 Å². The van der Waals surface area contributed by atoms with Gasteiger partial charge in [0.1, 0.15) is 5.75 Å². The minimum atomic E-state index is -0.307. The van der Waals surface area contributed by atoms with E-state index in [-0.39, 0.29) is 29.9 Å². The Kier molecular flexibility index (Phi) is 6.57. The highest BCUT2D eigenvalue weighted by molar-refractivity contribution is 8.03. The number of aryl methyl sites for hydroxylation is 1. The van der Waals surface area contributed by atoms with Crippen LogP contribution in [0.2, 0.25) is 0 Å². The Bertz CT molecular complexity index is 993. The summed E-state index contributed by atoms with van der Waals surface area (Å²) in [7, 11) is 1.56. The molecule has 1 atom stereocenters. The molecule has 1 aliphatic rings. The van der Waals surface area contributed by atoms with Crippen molar-refractivity contribution in [2.24, 2.45) is 0 Å². The molecule has 2 amide bonds. The molecule has 0 spiro atoms. The molecule has 6 nitrogen and oxygen atoms in total. The van der Waals surface area contributed by atoms with Crippen LogP contribution in [0.3, 0.4) is 0 Å². The number of allylic oxidation sites excluding steroid dienone is 1. The molecule has 0 fully saturated rings. The third kappa shape index (κ3) is 5.18. The first-order valence-electron chi connectivity index (χ1n) is 9.07. The molecule has 148 valence electrons. The third-order valence-electron chi connectivity index (χ3n) is 4.54. The van der Waals surface area contributed by atoms with Crippen molar-refractivity contribution in [2.75, 3.05) is 18.2 Å². The Balaban J connectivity index is 1.73. The molecule has 7 heteroatoms. The van der Waals surface area contributed by atoms with Gasteiger partial charge in [0.05, 0.1) is 29.5 Å². The highest BCUT2D eigenvalue weighted by Crippen LogP contribution is 2.36. The van der Waals surface area contributed by atoms with Crippen LogP contribution in [0, 0.1) is 18.3 Å². The van der Waals surface area contributed by atoms with Gasteiger partial charge < -0.3 is 15.4 Å². The molecule has 0 aromatic heterocycles. The topological polar surface area (TPSA) is 91.2 Å². The summed E-state index contributed by atoms with van der Waals surface area (Å²) in [5, 5.41) is 15.7. The Hall–Kier alpha value is -3.24. The average Bonchev–Trinajstić information content (AvgIpc) is 2.72. The number of hydrogen-bond donors (Lipinski definition) is 2. The monoisotopic (exact) mass is 407 g/mol. The van der Waals surface area contributed by atoms with Crippen molar-refractivity contribution in [1.29, 1.82) is 5.26 Å². The van der Waals surface area contributed by atoms with E-state index in [2.05, 4.69) is 16.7 Å². The summed E-state index contributed by atoms with van der Waals surface area (Å²) in [4.78, 5) is 24.5. The zero-order chi connectivity index (χ0) is 20.8. The van der Waals surface area contributed by atoms with Crippen molar-refractivity contribution in [3.8, 4) is 11.8 Å². The number of carbonyl (C=O) groups is 2. The van der Waals surface area contributed by atoms with Crippen LogP contribution in [-0.2, 0) is 9.59 Å². The first kappa shape index (κ1) is 20.5. The summed E-state index contributed by atoms with van der Waals surface area (Å²) >= 11 is 1.15. The fourth-order valence-corrected chi connectivity index (χ4v) is 3.93. The van der Waals surface area contributed by atoms with Gasteiger partial charge in [-0.15, -0.1) is 0 Å². The SMILES string of the molecule is COc1cccc(NC(=O)CSC2=C(C#N)[C@H](c3ccc(C)cc3)CC(=O)N2)c1. The maximum absolute atomic E-state index is 12.3. The standard InChI is InChI=1S/C22H21N3O3S/c1-14-6-8-15(9-7-14)18-11-20(26)25-22(19(18)12-23)29-13-21(27)24-16-4-3-5-17(10-16)28-2/h3-10,18H,11,13H2,1-2H3,(H,24,27)(H,25,26)/t18-/m0/s1. The molecule has 1 aliphatic heterocycles. The zero-order valence-corrected chi connectivity index (χ0v) is 17.0. The average molecular weight is 407 g/mol. The number of hydrogen-bond acceptors (Lipinski definition) is 5. The van der Waals surface area contributed by atoms with Crippen molar-refractivity contribution < 1.29 is 14.3 Å². The van der Waals surface area contributed by atoms with E-state index in [9.17, 15) is 14.9 Å². The minimum absolute atomic E-state index is 0.0681. The number of thioether (sulfide) groups is 1. The van der Waals surface area contributed by atoms with Crippen LogP contribution in [0.5, 0.6) is 5.75 Å². The van der Waals surface area contributed by atoms with E-state index in [1.807, 2.05) is 31.2 Å². The summed E-state index contributed by atoms with van der Waals surface area (Å²) in [6, 6.07) is 17.1. The van der Waals surface area contributed by atoms with Crippen LogP contribution in [0.15, 0.2) is 59.1 Å². The van der Waals surface area contributed by atoms with Gasteiger partial charge in [-0.3, -0.25) is 9.59 Å². The zero-order valence-electron chi connectivity index (χ0n) is 16.2. The number of rotatable bonds is 6. The lowest BCUT2D eigenvalue weighted by atomic mass is 9.87. The quantitative estimate of drug-likeness (QED) is 0.762. The summed E-state index contributed by atoms with van der Waals surface area (Å²) in [6.45, 7) is 1.99. The Labute approximate surface area is 173 Å². The lowest BCUT2D eigenvalue weighted by Gasteiger charge is -2.25. The first-order chi connectivity index (χ1) is 14.0.